The fourth-order valence-electron chi connectivity index (χ4n) is 4.02. The molecule has 0 amide bonds. The lowest BCUT2D eigenvalue weighted by molar-refractivity contribution is 0.217. The number of nitrogens with two attached hydrogens (primary N) is 1. The molecule has 1 fully saturated rings. The Hall–Kier alpha value is -2.38. The maximum Gasteiger partial charge on any atom is 0.142 e. The Morgan fingerprint density at radius 1 is 1.10 bits per heavy atom. The Labute approximate surface area is 175 Å². The van der Waals surface area contributed by atoms with Crippen LogP contribution in [0.15, 0.2) is 18.5 Å². The van der Waals surface area contributed by atoms with E-state index in [1.807, 2.05) is 19.9 Å². The first-order valence-electron chi connectivity index (χ1n) is 10.1. The van der Waals surface area contributed by atoms with Gasteiger partial charge in [0.2, 0.25) is 0 Å². The topological polar surface area (TPSA) is 80.8 Å². The van der Waals surface area contributed by atoms with Gasteiger partial charge in [-0.2, -0.15) is 0 Å². The normalized spacial score (nSPS) is 20.5. The number of thiophene rings is 1. The van der Waals surface area contributed by atoms with E-state index >= 15 is 0 Å². The summed E-state index contributed by atoms with van der Waals surface area (Å²) in [5, 5.41) is 0. The molecule has 0 bridgehead atoms. The molecule has 1 saturated carbocycles. The van der Waals surface area contributed by atoms with E-state index < -0.39 is 0 Å². The van der Waals surface area contributed by atoms with Crippen LogP contribution in [0, 0.1) is 13.8 Å². The summed E-state index contributed by atoms with van der Waals surface area (Å²) in [6, 6.07) is 2.93. The van der Waals surface area contributed by atoms with Crippen molar-refractivity contribution in [2.45, 2.75) is 51.5 Å². The highest BCUT2D eigenvalue weighted by Crippen LogP contribution is 2.39. The molecule has 1 aliphatic rings. The Bertz CT molecular complexity index is 1050. The summed E-state index contributed by atoms with van der Waals surface area (Å²) in [5.41, 5.74) is 11.0. The summed E-state index contributed by atoms with van der Waals surface area (Å²) in [7, 11) is 4.36. The van der Waals surface area contributed by atoms with Crippen molar-refractivity contribution < 1.29 is 0 Å². The van der Waals surface area contributed by atoms with Gasteiger partial charge in [0.1, 0.15) is 16.0 Å². The molecule has 152 valence electrons. The van der Waals surface area contributed by atoms with Gasteiger partial charge in [-0.25, -0.2) is 4.98 Å². The molecular weight excluding hydrogens is 380 g/mol. The molecule has 4 rings (SSSR count). The monoisotopic (exact) mass is 408 g/mol. The number of fused-ring (bicyclic) bond motifs is 1. The van der Waals surface area contributed by atoms with Gasteiger partial charge in [0.15, 0.2) is 0 Å². The molecule has 0 atom stereocenters. The molecule has 0 spiro atoms. The zero-order valence-electron chi connectivity index (χ0n) is 17.5. The van der Waals surface area contributed by atoms with Crippen molar-refractivity contribution in [3.05, 3.63) is 46.1 Å². The highest BCUT2D eigenvalue weighted by molar-refractivity contribution is 7.18. The largest absolute Gasteiger partial charge is 0.397 e. The van der Waals surface area contributed by atoms with Crippen LogP contribution in [0.4, 0.5) is 0 Å². The molecule has 7 heteroatoms. The summed E-state index contributed by atoms with van der Waals surface area (Å²) < 4.78 is 0. The van der Waals surface area contributed by atoms with Crippen molar-refractivity contribution in [2.24, 2.45) is 5.73 Å². The van der Waals surface area contributed by atoms with Crippen molar-refractivity contribution in [1.29, 1.82) is 0 Å². The van der Waals surface area contributed by atoms with Gasteiger partial charge in [0.05, 0.1) is 29.0 Å². The highest BCUT2D eigenvalue weighted by atomic mass is 32.1. The van der Waals surface area contributed by atoms with Crippen LogP contribution < -0.4 is 5.73 Å². The minimum absolute atomic E-state index is 0.557. The summed E-state index contributed by atoms with van der Waals surface area (Å²) in [5.74, 6) is 0.619. The quantitative estimate of drug-likeness (QED) is 0.699. The van der Waals surface area contributed by atoms with E-state index in [0.29, 0.717) is 23.4 Å². The minimum Gasteiger partial charge on any atom is -0.397 e. The third-order valence-electron chi connectivity index (χ3n) is 5.78. The van der Waals surface area contributed by atoms with Crippen LogP contribution in [0.3, 0.4) is 0 Å². The molecule has 3 heterocycles. The number of aryl methyl sites for hydroxylation is 2. The molecule has 3 aromatic heterocycles. The lowest BCUT2D eigenvalue weighted by atomic mass is 9.85. The van der Waals surface area contributed by atoms with Crippen LogP contribution in [0.2, 0.25) is 0 Å². The fraction of sp³-hybridized carbons (Fsp3) is 0.455. The van der Waals surface area contributed by atoms with Crippen LogP contribution in [0.5, 0.6) is 0 Å². The molecule has 0 saturated heterocycles. The predicted molar refractivity (Wildman–Crippen MR) is 120 cm³/mol. The highest BCUT2D eigenvalue weighted by Gasteiger charge is 2.25. The molecule has 29 heavy (non-hydrogen) atoms. The van der Waals surface area contributed by atoms with E-state index in [2.05, 4.69) is 40.0 Å². The average molecular weight is 409 g/mol. The number of nitrogens with zero attached hydrogens (tertiary/aromatic N) is 5. The molecule has 0 radical (unpaired) electrons. The average Bonchev–Trinajstić information content (AvgIpc) is 3.13. The van der Waals surface area contributed by atoms with Gasteiger partial charge in [0.25, 0.3) is 0 Å². The van der Waals surface area contributed by atoms with Crippen molar-refractivity contribution in [1.82, 2.24) is 24.8 Å². The van der Waals surface area contributed by atoms with Crippen LogP contribution in [0.25, 0.3) is 22.1 Å². The Morgan fingerprint density at radius 3 is 2.55 bits per heavy atom. The maximum absolute atomic E-state index is 6.31. The summed E-state index contributed by atoms with van der Waals surface area (Å²) in [6.07, 6.45) is 10.3. The molecule has 1 aliphatic carbocycles. The van der Waals surface area contributed by atoms with Crippen LogP contribution in [-0.4, -0.2) is 45.0 Å². The Morgan fingerprint density at radius 2 is 1.86 bits per heavy atom. The molecule has 0 aromatic carbocycles. The van der Waals surface area contributed by atoms with Crippen molar-refractivity contribution >= 4 is 33.5 Å². The molecular formula is C22H28N6S. The second kappa shape index (κ2) is 8.16. The van der Waals surface area contributed by atoms with E-state index in [4.69, 9.17) is 10.7 Å². The predicted octanol–water partition coefficient (Wildman–Crippen LogP) is 4.14. The fourth-order valence-corrected chi connectivity index (χ4v) is 5.17. The molecule has 0 aliphatic heterocycles. The third kappa shape index (κ3) is 4.31. The van der Waals surface area contributed by atoms with Gasteiger partial charge in [-0.15, -0.1) is 11.3 Å². The zero-order chi connectivity index (χ0) is 20.5. The van der Waals surface area contributed by atoms with E-state index in [0.717, 1.165) is 27.4 Å². The minimum atomic E-state index is 0.557. The number of hydrogen-bond acceptors (Lipinski definition) is 7. The lowest BCUT2D eigenvalue weighted by Crippen LogP contribution is -2.31. The van der Waals surface area contributed by atoms with Crippen LogP contribution >= 0.6 is 11.3 Å². The smallest absolute Gasteiger partial charge is 0.142 e. The van der Waals surface area contributed by atoms with Crippen molar-refractivity contribution in [3.8, 4) is 0 Å². The van der Waals surface area contributed by atoms with Gasteiger partial charge < -0.3 is 10.6 Å². The summed E-state index contributed by atoms with van der Waals surface area (Å²) in [4.78, 5) is 23.0. The van der Waals surface area contributed by atoms with Crippen molar-refractivity contribution in [2.75, 3.05) is 14.1 Å². The van der Waals surface area contributed by atoms with E-state index in [9.17, 15) is 0 Å². The number of aromatic nitrogens is 4. The second-order valence-corrected chi connectivity index (χ2v) is 9.21. The zero-order valence-corrected chi connectivity index (χ0v) is 18.3. The van der Waals surface area contributed by atoms with Crippen LogP contribution in [0.1, 0.15) is 59.3 Å². The Balaban J connectivity index is 1.56. The lowest BCUT2D eigenvalue weighted by Gasteiger charge is -2.32. The maximum atomic E-state index is 6.31. The third-order valence-corrected chi connectivity index (χ3v) is 6.96. The molecule has 3 aromatic rings. The van der Waals surface area contributed by atoms with Gasteiger partial charge in [0, 0.05) is 17.1 Å². The second-order valence-electron chi connectivity index (χ2n) is 8.15. The van der Waals surface area contributed by atoms with Gasteiger partial charge in [-0.3, -0.25) is 15.0 Å². The van der Waals surface area contributed by atoms with Crippen molar-refractivity contribution in [3.63, 3.8) is 0 Å². The van der Waals surface area contributed by atoms with E-state index in [1.165, 1.54) is 30.6 Å². The van der Waals surface area contributed by atoms with E-state index in [-0.39, 0.29) is 0 Å². The summed E-state index contributed by atoms with van der Waals surface area (Å²) >= 11 is 1.76. The first kappa shape index (κ1) is 19.9. The first-order chi connectivity index (χ1) is 13.9. The van der Waals surface area contributed by atoms with Gasteiger partial charge in [-0.05, 0) is 71.7 Å². The molecule has 2 N–H and O–H groups in total. The molecule has 0 unspecified atom stereocenters. The standard InChI is InChI=1S/C22H28N6S/c1-13-11-24-18(14(2)26-13)9-17(23)20-12-25-19-10-21(29-22(19)27-20)15-5-7-16(8-6-15)28(3)4/h9-12,15-16H,5-8,23H2,1-4H3/b17-9-. The van der Waals surface area contributed by atoms with Gasteiger partial charge >= 0.3 is 0 Å². The summed E-state index contributed by atoms with van der Waals surface area (Å²) in [6.45, 7) is 3.86. The number of rotatable bonds is 4. The van der Waals surface area contributed by atoms with Gasteiger partial charge in [-0.1, -0.05) is 0 Å². The molecule has 6 nitrogen and oxygen atoms in total. The van der Waals surface area contributed by atoms with E-state index in [1.54, 1.807) is 23.7 Å². The SMILES string of the molecule is Cc1cnc(/C=C(\N)c2cnc3cc(C4CCC(N(C)C)CC4)sc3n2)c(C)n1. The number of hydrogen-bond donors (Lipinski definition) is 1. The Kier molecular flexibility index (Phi) is 5.61. The van der Waals surface area contributed by atoms with Crippen LogP contribution in [-0.2, 0) is 0 Å². The first-order valence-corrected chi connectivity index (χ1v) is 10.9.